The van der Waals surface area contributed by atoms with Gasteiger partial charge in [-0.25, -0.2) is 13.4 Å². The third-order valence-corrected chi connectivity index (χ3v) is 6.83. The van der Waals surface area contributed by atoms with E-state index < -0.39 is 10.0 Å². The first-order chi connectivity index (χ1) is 12.9. The number of rotatable bonds is 3. The first-order valence-corrected chi connectivity index (χ1v) is 9.98. The second kappa shape index (κ2) is 6.46. The fourth-order valence-electron chi connectivity index (χ4n) is 3.33. The summed E-state index contributed by atoms with van der Waals surface area (Å²) in [4.78, 5) is 18.9. The number of sulfonamides is 1. The Labute approximate surface area is 155 Å². The molecule has 3 aromatic rings. The van der Waals surface area contributed by atoms with Crippen LogP contribution in [0.2, 0.25) is 0 Å². The van der Waals surface area contributed by atoms with E-state index in [1.165, 1.54) is 14.8 Å². The highest BCUT2D eigenvalue weighted by atomic mass is 32.2. The zero-order valence-corrected chi connectivity index (χ0v) is 15.8. The van der Waals surface area contributed by atoms with Crippen molar-refractivity contribution >= 4 is 21.5 Å². The fourth-order valence-corrected chi connectivity index (χ4v) is 5.05. The monoisotopic (exact) mass is 389 g/mol. The number of piperazine rings is 1. The minimum absolute atomic E-state index is 0.137. The summed E-state index contributed by atoms with van der Waals surface area (Å²) in [5.74, 6) is 0.847. The maximum absolute atomic E-state index is 12.9. The van der Waals surface area contributed by atoms with Crippen LogP contribution in [0.3, 0.4) is 0 Å². The Morgan fingerprint density at radius 3 is 2.52 bits per heavy atom. The second-order valence-corrected chi connectivity index (χ2v) is 8.30. The quantitative estimate of drug-likeness (QED) is 0.653. The normalized spacial score (nSPS) is 16.1. The molecule has 142 valence electrons. The molecule has 0 aliphatic carbocycles. The summed E-state index contributed by atoms with van der Waals surface area (Å²) in [6.45, 7) is 4.68. The molecule has 10 heteroatoms. The van der Waals surface area contributed by atoms with Gasteiger partial charge in [0.25, 0.3) is 5.56 Å². The van der Waals surface area contributed by atoms with Crippen molar-refractivity contribution in [3.05, 3.63) is 52.3 Å². The molecule has 0 N–H and O–H groups in total. The summed E-state index contributed by atoms with van der Waals surface area (Å²) in [6.07, 6.45) is 1.67. The van der Waals surface area contributed by atoms with Gasteiger partial charge >= 0.3 is 0 Å². The summed E-state index contributed by atoms with van der Waals surface area (Å²) >= 11 is 0. The first kappa shape index (κ1) is 17.7. The average Bonchev–Trinajstić information content (AvgIpc) is 3.01. The topological polar surface area (TPSA) is 101 Å². The molecule has 27 heavy (non-hydrogen) atoms. The highest BCUT2D eigenvalue weighted by molar-refractivity contribution is 7.89. The highest BCUT2D eigenvalue weighted by Crippen LogP contribution is 2.25. The van der Waals surface area contributed by atoms with E-state index in [1.54, 1.807) is 32.2 Å². The van der Waals surface area contributed by atoms with E-state index in [0.717, 1.165) is 0 Å². The smallest absolute Gasteiger partial charge is 0.259 e. The van der Waals surface area contributed by atoms with Crippen LogP contribution in [0, 0.1) is 13.8 Å². The third kappa shape index (κ3) is 3.00. The van der Waals surface area contributed by atoms with Gasteiger partial charge in [0, 0.05) is 38.4 Å². The van der Waals surface area contributed by atoms with E-state index in [1.807, 2.05) is 11.0 Å². The maximum atomic E-state index is 12.9. The molecule has 0 radical (unpaired) electrons. The number of anilines is 1. The lowest BCUT2D eigenvalue weighted by Crippen LogP contribution is -2.49. The van der Waals surface area contributed by atoms with Gasteiger partial charge in [-0.2, -0.15) is 4.31 Å². The van der Waals surface area contributed by atoms with Gasteiger partial charge in [-0.3, -0.25) is 9.20 Å². The van der Waals surface area contributed by atoms with Crippen LogP contribution >= 0.6 is 0 Å². The largest absolute Gasteiger partial charge is 0.360 e. The van der Waals surface area contributed by atoms with E-state index in [2.05, 4.69) is 10.1 Å². The SMILES string of the molecule is Cc1noc(C)c1S(=O)(=O)N1CCN(c2cc(=O)n3ccccc3n2)CC1. The lowest BCUT2D eigenvalue weighted by molar-refractivity contribution is 0.378. The number of aromatic nitrogens is 3. The molecule has 0 amide bonds. The minimum atomic E-state index is -3.66. The van der Waals surface area contributed by atoms with Crippen molar-refractivity contribution in [3.63, 3.8) is 0 Å². The van der Waals surface area contributed by atoms with Gasteiger partial charge < -0.3 is 9.42 Å². The van der Waals surface area contributed by atoms with Crippen molar-refractivity contribution in [2.24, 2.45) is 0 Å². The van der Waals surface area contributed by atoms with Crippen LogP contribution in [0.1, 0.15) is 11.5 Å². The van der Waals surface area contributed by atoms with Crippen molar-refractivity contribution < 1.29 is 12.9 Å². The molecule has 0 aromatic carbocycles. The predicted octanol–water partition coefficient (Wildman–Crippen LogP) is 0.810. The van der Waals surface area contributed by atoms with Gasteiger partial charge in [0.05, 0.1) is 0 Å². The number of pyridine rings is 1. The Morgan fingerprint density at radius 1 is 1.11 bits per heavy atom. The van der Waals surface area contributed by atoms with E-state index in [-0.39, 0.29) is 10.5 Å². The van der Waals surface area contributed by atoms with Crippen molar-refractivity contribution in [1.29, 1.82) is 0 Å². The van der Waals surface area contributed by atoms with E-state index in [0.29, 0.717) is 49.1 Å². The molecular formula is C17H19N5O4S. The Kier molecular flexibility index (Phi) is 4.23. The molecule has 0 atom stereocenters. The van der Waals surface area contributed by atoms with Crippen LogP contribution in [0.4, 0.5) is 5.82 Å². The molecule has 0 spiro atoms. The Morgan fingerprint density at radius 2 is 1.85 bits per heavy atom. The predicted molar refractivity (Wildman–Crippen MR) is 98.4 cm³/mol. The molecule has 4 rings (SSSR count). The summed E-state index contributed by atoms with van der Waals surface area (Å²) in [6, 6.07) is 6.84. The molecule has 1 fully saturated rings. The van der Waals surface area contributed by atoms with Crippen molar-refractivity contribution in [1.82, 2.24) is 18.8 Å². The molecule has 1 aliphatic rings. The van der Waals surface area contributed by atoms with Crippen LogP contribution in [0.5, 0.6) is 0 Å². The number of hydrogen-bond donors (Lipinski definition) is 0. The number of hydrogen-bond acceptors (Lipinski definition) is 7. The second-order valence-electron chi connectivity index (χ2n) is 6.43. The molecule has 0 bridgehead atoms. The fraction of sp³-hybridized carbons (Fsp3) is 0.353. The Balaban J connectivity index is 1.57. The van der Waals surface area contributed by atoms with Gasteiger partial charge in [0.1, 0.15) is 22.1 Å². The number of nitrogens with zero attached hydrogens (tertiary/aromatic N) is 5. The van der Waals surface area contributed by atoms with Gasteiger partial charge in [0.15, 0.2) is 5.76 Å². The zero-order valence-electron chi connectivity index (χ0n) is 15.0. The molecule has 4 heterocycles. The van der Waals surface area contributed by atoms with Gasteiger partial charge in [-0.15, -0.1) is 0 Å². The Bertz CT molecular complexity index is 1140. The molecule has 1 saturated heterocycles. The van der Waals surface area contributed by atoms with Crippen LogP contribution in [-0.4, -0.2) is 53.4 Å². The number of fused-ring (bicyclic) bond motifs is 1. The molecule has 3 aromatic heterocycles. The van der Waals surface area contributed by atoms with Crippen LogP contribution in [-0.2, 0) is 10.0 Å². The Hall–Kier alpha value is -2.72. The van der Waals surface area contributed by atoms with E-state index in [4.69, 9.17) is 4.52 Å². The van der Waals surface area contributed by atoms with Crippen LogP contribution in [0.15, 0.2) is 44.7 Å². The summed E-state index contributed by atoms with van der Waals surface area (Å²) < 4.78 is 33.7. The lowest BCUT2D eigenvalue weighted by Gasteiger charge is -2.34. The van der Waals surface area contributed by atoms with Crippen LogP contribution < -0.4 is 10.5 Å². The molecule has 9 nitrogen and oxygen atoms in total. The molecular weight excluding hydrogens is 370 g/mol. The summed E-state index contributed by atoms with van der Waals surface area (Å²) in [5.41, 5.74) is 0.756. The van der Waals surface area contributed by atoms with Crippen molar-refractivity contribution in [2.75, 3.05) is 31.1 Å². The van der Waals surface area contributed by atoms with Crippen molar-refractivity contribution in [3.8, 4) is 0 Å². The van der Waals surface area contributed by atoms with Crippen LogP contribution in [0.25, 0.3) is 5.65 Å². The average molecular weight is 389 g/mol. The number of aryl methyl sites for hydroxylation is 2. The highest BCUT2D eigenvalue weighted by Gasteiger charge is 2.33. The summed E-state index contributed by atoms with van der Waals surface area (Å²) in [7, 11) is -3.66. The molecule has 1 aliphatic heterocycles. The van der Waals surface area contributed by atoms with E-state index in [9.17, 15) is 13.2 Å². The third-order valence-electron chi connectivity index (χ3n) is 4.69. The van der Waals surface area contributed by atoms with Gasteiger partial charge in [-0.05, 0) is 26.0 Å². The van der Waals surface area contributed by atoms with Crippen molar-refractivity contribution in [2.45, 2.75) is 18.7 Å². The minimum Gasteiger partial charge on any atom is -0.360 e. The first-order valence-electron chi connectivity index (χ1n) is 8.54. The zero-order chi connectivity index (χ0) is 19.2. The van der Waals surface area contributed by atoms with E-state index >= 15 is 0 Å². The van der Waals surface area contributed by atoms with Gasteiger partial charge in [0.2, 0.25) is 10.0 Å². The summed E-state index contributed by atoms with van der Waals surface area (Å²) in [5, 5.41) is 3.74. The van der Waals surface area contributed by atoms with Gasteiger partial charge in [-0.1, -0.05) is 11.2 Å². The molecule has 0 unspecified atom stereocenters. The molecule has 0 saturated carbocycles. The standard InChI is InChI=1S/C17H19N5O4S/c1-12-17(13(2)26-19-12)27(24,25)21-9-7-20(8-10-21)15-11-16(23)22-6-4-3-5-14(22)18-15/h3-6,11H,7-10H2,1-2H3. The maximum Gasteiger partial charge on any atom is 0.259 e. The lowest BCUT2D eigenvalue weighted by atomic mass is 10.3.